The van der Waals surface area contributed by atoms with Crippen molar-refractivity contribution >= 4 is 17.6 Å². The maximum absolute atomic E-state index is 12.9. The Labute approximate surface area is 145 Å². The minimum atomic E-state index is -0.0556. The minimum absolute atomic E-state index is 0.0556. The van der Waals surface area contributed by atoms with Crippen molar-refractivity contribution in [3.8, 4) is 0 Å². The van der Waals surface area contributed by atoms with Gasteiger partial charge in [-0.2, -0.15) is 0 Å². The first-order valence-corrected chi connectivity index (χ1v) is 8.72. The molecule has 1 aromatic carbocycles. The minimum Gasteiger partial charge on any atom is -0.343 e. The van der Waals surface area contributed by atoms with Crippen molar-refractivity contribution in [2.75, 3.05) is 18.4 Å². The number of nitrogens with zero attached hydrogens (tertiary/aromatic N) is 2. The Bertz CT molecular complexity index is 605. The van der Waals surface area contributed by atoms with Crippen LogP contribution >= 0.6 is 0 Å². The van der Waals surface area contributed by atoms with Crippen molar-refractivity contribution in [3.05, 3.63) is 29.3 Å². The van der Waals surface area contributed by atoms with Crippen LogP contribution in [-0.2, 0) is 4.79 Å². The molecular weight excluding hydrogens is 302 g/mol. The lowest BCUT2D eigenvalue weighted by Gasteiger charge is -2.40. The molecule has 1 N–H and O–H groups in total. The van der Waals surface area contributed by atoms with E-state index >= 15 is 0 Å². The molecular formula is C19H29N3O2. The molecule has 1 saturated heterocycles. The third-order valence-corrected chi connectivity index (χ3v) is 4.94. The number of anilines is 1. The van der Waals surface area contributed by atoms with Gasteiger partial charge in [-0.1, -0.05) is 12.1 Å². The molecule has 5 nitrogen and oxygen atoms in total. The molecule has 0 saturated carbocycles. The largest absolute Gasteiger partial charge is 0.343 e. The number of carbonyl (C=O) groups excluding carboxylic acids is 2. The molecule has 0 spiro atoms. The van der Waals surface area contributed by atoms with Gasteiger partial charge in [-0.05, 0) is 57.7 Å². The van der Waals surface area contributed by atoms with E-state index in [2.05, 4.69) is 5.32 Å². The van der Waals surface area contributed by atoms with Crippen LogP contribution in [0.5, 0.6) is 0 Å². The first-order chi connectivity index (χ1) is 11.3. The van der Waals surface area contributed by atoms with Crippen molar-refractivity contribution in [1.29, 1.82) is 0 Å². The Kier molecular flexibility index (Phi) is 5.86. The summed E-state index contributed by atoms with van der Waals surface area (Å²) in [6.45, 7) is 11.2. The van der Waals surface area contributed by atoms with E-state index in [1.54, 1.807) is 6.92 Å². The van der Waals surface area contributed by atoms with Crippen molar-refractivity contribution in [2.24, 2.45) is 0 Å². The quantitative estimate of drug-likeness (QED) is 0.921. The van der Waals surface area contributed by atoms with Gasteiger partial charge < -0.3 is 15.1 Å². The maximum atomic E-state index is 12.9. The van der Waals surface area contributed by atoms with Gasteiger partial charge in [0.05, 0.1) is 0 Å². The highest BCUT2D eigenvalue weighted by atomic mass is 16.2. The van der Waals surface area contributed by atoms with Crippen LogP contribution < -0.4 is 5.32 Å². The molecule has 1 aliphatic rings. The molecule has 0 aliphatic carbocycles. The van der Waals surface area contributed by atoms with Gasteiger partial charge in [0, 0.05) is 37.8 Å². The van der Waals surface area contributed by atoms with Gasteiger partial charge >= 0.3 is 6.03 Å². The number of piperidine rings is 1. The third-order valence-electron chi connectivity index (χ3n) is 4.94. The Balaban J connectivity index is 2.09. The normalized spacial score (nSPS) is 15.5. The molecule has 2 rings (SSSR count). The van der Waals surface area contributed by atoms with E-state index in [4.69, 9.17) is 0 Å². The summed E-state index contributed by atoms with van der Waals surface area (Å²) in [6.07, 6.45) is 1.66. The Hall–Kier alpha value is -2.04. The van der Waals surface area contributed by atoms with Gasteiger partial charge in [0.1, 0.15) is 0 Å². The SMILES string of the molecule is CC(=O)N1CCC(N(C(=O)Nc2cccc(C)c2C)C(C)C)CC1. The molecule has 0 aromatic heterocycles. The van der Waals surface area contributed by atoms with E-state index in [9.17, 15) is 9.59 Å². The number of carbonyl (C=O) groups is 2. The van der Waals surface area contributed by atoms with E-state index in [0.29, 0.717) is 0 Å². The van der Waals surface area contributed by atoms with Crippen molar-refractivity contribution in [3.63, 3.8) is 0 Å². The lowest BCUT2D eigenvalue weighted by Crippen LogP contribution is -2.52. The third kappa shape index (κ3) is 4.08. The van der Waals surface area contributed by atoms with Crippen molar-refractivity contribution in [1.82, 2.24) is 9.80 Å². The molecule has 0 unspecified atom stereocenters. The predicted molar refractivity (Wildman–Crippen MR) is 97.2 cm³/mol. The van der Waals surface area contributed by atoms with Crippen LogP contribution in [0.15, 0.2) is 18.2 Å². The van der Waals surface area contributed by atoms with Crippen LogP contribution in [0.25, 0.3) is 0 Å². The second kappa shape index (κ2) is 7.69. The average molecular weight is 331 g/mol. The smallest absolute Gasteiger partial charge is 0.322 e. The molecule has 3 amide bonds. The number of aryl methyl sites for hydroxylation is 1. The van der Waals surface area contributed by atoms with E-state index < -0.39 is 0 Å². The number of nitrogens with one attached hydrogen (secondary N) is 1. The summed E-state index contributed by atoms with van der Waals surface area (Å²) in [5.74, 6) is 0.115. The molecule has 0 atom stereocenters. The lowest BCUT2D eigenvalue weighted by atomic mass is 10.0. The maximum Gasteiger partial charge on any atom is 0.322 e. The summed E-state index contributed by atoms with van der Waals surface area (Å²) in [7, 11) is 0. The Morgan fingerprint density at radius 2 is 1.83 bits per heavy atom. The summed E-state index contributed by atoms with van der Waals surface area (Å²) < 4.78 is 0. The fourth-order valence-electron chi connectivity index (χ4n) is 3.35. The number of urea groups is 1. The molecule has 132 valence electrons. The fraction of sp³-hybridized carbons (Fsp3) is 0.579. The lowest BCUT2D eigenvalue weighted by molar-refractivity contribution is -0.130. The highest BCUT2D eigenvalue weighted by Crippen LogP contribution is 2.23. The van der Waals surface area contributed by atoms with Crippen LogP contribution in [0.2, 0.25) is 0 Å². The Morgan fingerprint density at radius 3 is 2.38 bits per heavy atom. The topological polar surface area (TPSA) is 52.7 Å². The standard InChI is InChI=1S/C19H29N3O2/c1-13(2)22(17-9-11-21(12-10-17)16(5)23)19(24)20-18-8-6-7-14(3)15(18)4/h6-8,13,17H,9-12H2,1-5H3,(H,20,24). The summed E-state index contributed by atoms with van der Waals surface area (Å²) in [4.78, 5) is 28.1. The summed E-state index contributed by atoms with van der Waals surface area (Å²) in [6, 6.07) is 6.18. The van der Waals surface area contributed by atoms with E-state index in [1.807, 2.05) is 55.7 Å². The van der Waals surface area contributed by atoms with E-state index in [-0.39, 0.29) is 24.0 Å². The zero-order valence-electron chi connectivity index (χ0n) is 15.4. The van der Waals surface area contributed by atoms with Gasteiger partial charge in [0.2, 0.25) is 5.91 Å². The first-order valence-electron chi connectivity index (χ1n) is 8.72. The number of hydrogen-bond donors (Lipinski definition) is 1. The first kappa shape index (κ1) is 18.3. The van der Waals surface area contributed by atoms with Crippen LogP contribution in [0, 0.1) is 13.8 Å². The number of likely N-dealkylation sites (tertiary alicyclic amines) is 1. The van der Waals surface area contributed by atoms with Gasteiger partial charge in [-0.3, -0.25) is 4.79 Å². The summed E-state index contributed by atoms with van der Waals surface area (Å²) >= 11 is 0. The number of rotatable bonds is 3. The van der Waals surface area contributed by atoms with E-state index in [0.717, 1.165) is 37.2 Å². The summed E-state index contributed by atoms with van der Waals surface area (Å²) in [5.41, 5.74) is 3.13. The molecule has 1 aliphatic heterocycles. The monoisotopic (exact) mass is 331 g/mol. The zero-order valence-corrected chi connectivity index (χ0v) is 15.4. The molecule has 24 heavy (non-hydrogen) atoms. The van der Waals surface area contributed by atoms with Crippen LogP contribution in [0.1, 0.15) is 44.7 Å². The molecule has 1 heterocycles. The van der Waals surface area contributed by atoms with E-state index in [1.165, 1.54) is 5.56 Å². The highest BCUT2D eigenvalue weighted by molar-refractivity contribution is 5.90. The molecule has 0 radical (unpaired) electrons. The van der Waals surface area contributed by atoms with Gasteiger partial charge in [-0.15, -0.1) is 0 Å². The average Bonchev–Trinajstić information content (AvgIpc) is 2.52. The Morgan fingerprint density at radius 1 is 1.21 bits per heavy atom. The van der Waals surface area contributed by atoms with Crippen molar-refractivity contribution in [2.45, 2.75) is 59.5 Å². The molecule has 0 bridgehead atoms. The molecule has 1 fully saturated rings. The second-order valence-corrected chi connectivity index (χ2v) is 6.92. The second-order valence-electron chi connectivity index (χ2n) is 6.92. The van der Waals surface area contributed by atoms with Crippen molar-refractivity contribution < 1.29 is 9.59 Å². The van der Waals surface area contributed by atoms with Gasteiger partial charge in [-0.25, -0.2) is 4.79 Å². The number of benzene rings is 1. The van der Waals surface area contributed by atoms with Crippen LogP contribution in [0.3, 0.4) is 0 Å². The van der Waals surface area contributed by atoms with Crippen LogP contribution in [0.4, 0.5) is 10.5 Å². The number of amides is 3. The highest BCUT2D eigenvalue weighted by Gasteiger charge is 2.30. The van der Waals surface area contributed by atoms with Gasteiger partial charge in [0.25, 0.3) is 0 Å². The summed E-state index contributed by atoms with van der Waals surface area (Å²) in [5, 5.41) is 3.07. The molecule has 1 aromatic rings. The van der Waals surface area contributed by atoms with Crippen LogP contribution in [-0.4, -0.2) is 46.9 Å². The zero-order chi connectivity index (χ0) is 17.9. The molecule has 5 heteroatoms. The fourth-order valence-corrected chi connectivity index (χ4v) is 3.35. The number of hydrogen-bond acceptors (Lipinski definition) is 2. The van der Waals surface area contributed by atoms with Gasteiger partial charge in [0.15, 0.2) is 0 Å². The predicted octanol–water partition coefficient (Wildman–Crippen LogP) is 3.56.